The molecule has 0 spiro atoms. The highest BCUT2D eigenvalue weighted by Crippen LogP contribution is 2.20. The van der Waals surface area contributed by atoms with Gasteiger partial charge in [0.25, 0.3) is 0 Å². The highest BCUT2D eigenvalue weighted by molar-refractivity contribution is 6.31. The van der Waals surface area contributed by atoms with Gasteiger partial charge in [-0.2, -0.15) is 0 Å². The maximum absolute atomic E-state index is 12.0. The molecule has 0 atom stereocenters. The number of rotatable bonds is 6. The second kappa shape index (κ2) is 7.53. The fourth-order valence-electron chi connectivity index (χ4n) is 2.69. The Hall–Kier alpha value is -2.60. The average Bonchev–Trinajstić information content (AvgIpc) is 2.94. The van der Waals surface area contributed by atoms with Crippen LogP contribution in [0.15, 0.2) is 36.5 Å². The van der Waals surface area contributed by atoms with Crippen LogP contribution in [0.4, 0.5) is 5.95 Å². The minimum Gasteiger partial charge on any atom is -0.353 e. The number of hydrogen-bond donors (Lipinski definition) is 2. The maximum Gasteiger partial charge on any atom is 0.239 e. The molecule has 7 heteroatoms. The SMILES string of the molecule is Cc1cc(C)nc(NCC(=O)NCCn2ccc3ccc(Cl)cc32)n1. The van der Waals surface area contributed by atoms with E-state index in [4.69, 9.17) is 11.6 Å². The van der Waals surface area contributed by atoms with Crippen LogP contribution in [0.5, 0.6) is 0 Å². The average molecular weight is 358 g/mol. The summed E-state index contributed by atoms with van der Waals surface area (Å²) >= 11 is 6.05. The lowest BCUT2D eigenvalue weighted by Crippen LogP contribution is -2.32. The highest BCUT2D eigenvalue weighted by atomic mass is 35.5. The van der Waals surface area contributed by atoms with Gasteiger partial charge in [0.2, 0.25) is 11.9 Å². The molecule has 0 saturated heterocycles. The molecule has 1 amide bonds. The lowest BCUT2D eigenvalue weighted by Gasteiger charge is -2.09. The molecule has 130 valence electrons. The predicted molar refractivity (Wildman–Crippen MR) is 100.0 cm³/mol. The number of aryl methyl sites for hydroxylation is 2. The van der Waals surface area contributed by atoms with Gasteiger partial charge in [0.1, 0.15) is 0 Å². The van der Waals surface area contributed by atoms with Gasteiger partial charge in [-0.25, -0.2) is 9.97 Å². The normalized spacial score (nSPS) is 10.8. The fraction of sp³-hybridized carbons (Fsp3) is 0.278. The van der Waals surface area contributed by atoms with Crippen molar-refractivity contribution < 1.29 is 4.79 Å². The second-order valence-electron chi connectivity index (χ2n) is 5.89. The first kappa shape index (κ1) is 17.2. The molecule has 0 aliphatic carbocycles. The molecule has 1 aromatic carbocycles. The number of fused-ring (bicyclic) bond motifs is 1. The van der Waals surface area contributed by atoms with Crippen molar-refractivity contribution in [3.63, 3.8) is 0 Å². The third kappa shape index (κ3) is 4.48. The van der Waals surface area contributed by atoms with Crippen molar-refractivity contribution in [2.45, 2.75) is 20.4 Å². The molecule has 0 radical (unpaired) electrons. The van der Waals surface area contributed by atoms with Gasteiger partial charge >= 0.3 is 0 Å². The first-order valence-electron chi connectivity index (χ1n) is 8.08. The molecule has 0 aliphatic rings. The van der Waals surface area contributed by atoms with Crippen molar-refractivity contribution >= 4 is 34.4 Å². The lowest BCUT2D eigenvalue weighted by atomic mass is 10.2. The molecule has 2 heterocycles. The van der Waals surface area contributed by atoms with Gasteiger partial charge in [-0.3, -0.25) is 4.79 Å². The summed E-state index contributed by atoms with van der Waals surface area (Å²) < 4.78 is 2.07. The van der Waals surface area contributed by atoms with E-state index in [1.807, 2.05) is 50.4 Å². The molecule has 3 aromatic rings. The van der Waals surface area contributed by atoms with Gasteiger partial charge in [-0.1, -0.05) is 17.7 Å². The van der Waals surface area contributed by atoms with Crippen LogP contribution in [-0.2, 0) is 11.3 Å². The Labute approximate surface area is 151 Å². The summed E-state index contributed by atoms with van der Waals surface area (Å²) in [6.45, 7) is 5.14. The van der Waals surface area contributed by atoms with Crippen LogP contribution >= 0.6 is 11.6 Å². The largest absolute Gasteiger partial charge is 0.353 e. The van der Waals surface area contributed by atoms with E-state index in [1.54, 1.807) is 0 Å². The van der Waals surface area contributed by atoms with E-state index >= 15 is 0 Å². The third-order valence-corrected chi connectivity index (χ3v) is 4.04. The van der Waals surface area contributed by atoms with Gasteiger partial charge in [0.15, 0.2) is 0 Å². The summed E-state index contributed by atoms with van der Waals surface area (Å²) in [7, 11) is 0. The Balaban J connectivity index is 1.49. The van der Waals surface area contributed by atoms with Crippen molar-refractivity contribution in [3.05, 3.63) is 52.9 Å². The van der Waals surface area contributed by atoms with Gasteiger partial charge in [0, 0.05) is 41.2 Å². The Morgan fingerprint density at radius 2 is 1.92 bits per heavy atom. The maximum atomic E-state index is 12.0. The Morgan fingerprint density at radius 3 is 2.68 bits per heavy atom. The molecule has 0 saturated carbocycles. The third-order valence-electron chi connectivity index (χ3n) is 3.80. The van der Waals surface area contributed by atoms with Gasteiger partial charge in [0.05, 0.1) is 6.54 Å². The minimum atomic E-state index is -0.0998. The zero-order valence-corrected chi connectivity index (χ0v) is 15.0. The number of carbonyl (C=O) groups excluding carboxylic acids is 1. The number of halogens is 1. The molecule has 0 bridgehead atoms. The number of carbonyl (C=O) groups is 1. The molecule has 2 N–H and O–H groups in total. The molecule has 3 rings (SSSR count). The zero-order chi connectivity index (χ0) is 17.8. The molecule has 6 nitrogen and oxygen atoms in total. The van der Waals surface area contributed by atoms with E-state index in [9.17, 15) is 4.79 Å². The van der Waals surface area contributed by atoms with Gasteiger partial charge in [-0.15, -0.1) is 0 Å². The van der Waals surface area contributed by atoms with Gasteiger partial charge < -0.3 is 15.2 Å². The number of benzene rings is 1. The van der Waals surface area contributed by atoms with Crippen molar-refractivity contribution in [3.8, 4) is 0 Å². The summed E-state index contributed by atoms with van der Waals surface area (Å²) in [5, 5.41) is 7.67. The number of nitrogens with zero attached hydrogens (tertiary/aromatic N) is 3. The predicted octanol–water partition coefficient (Wildman–Crippen LogP) is 2.93. The van der Waals surface area contributed by atoms with Crippen LogP contribution in [0.25, 0.3) is 10.9 Å². The van der Waals surface area contributed by atoms with Crippen molar-refractivity contribution in [2.24, 2.45) is 0 Å². The van der Waals surface area contributed by atoms with Crippen molar-refractivity contribution in [2.75, 3.05) is 18.4 Å². The standard InChI is InChI=1S/C18H20ClN5O/c1-12-9-13(2)23-18(22-12)21-11-17(25)20-6-8-24-7-5-14-3-4-15(19)10-16(14)24/h3-5,7,9-10H,6,8,11H2,1-2H3,(H,20,25)(H,21,22,23). The minimum absolute atomic E-state index is 0.0998. The van der Waals surface area contributed by atoms with Crippen molar-refractivity contribution in [1.82, 2.24) is 19.9 Å². The summed E-state index contributed by atoms with van der Waals surface area (Å²) in [4.78, 5) is 20.5. The van der Waals surface area contributed by atoms with Crippen LogP contribution in [0.2, 0.25) is 5.02 Å². The number of hydrogen-bond acceptors (Lipinski definition) is 4. The smallest absolute Gasteiger partial charge is 0.239 e. The molecule has 2 aromatic heterocycles. The number of anilines is 1. The zero-order valence-electron chi connectivity index (χ0n) is 14.2. The highest BCUT2D eigenvalue weighted by Gasteiger charge is 2.05. The number of aromatic nitrogens is 3. The lowest BCUT2D eigenvalue weighted by molar-refractivity contribution is -0.119. The van der Waals surface area contributed by atoms with Crippen LogP contribution in [0.1, 0.15) is 11.4 Å². The van der Waals surface area contributed by atoms with Crippen LogP contribution in [0.3, 0.4) is 0 Å². The monoisotopic (exact) mass is 357 g/mol. The first-order valence-corrected chi connectivity index (χ1v) is 8.46. The molecule has 0 aliphatic heterocycles. The number of amides is 1. The molecular weight excluding hydrogens is 338 g/mol. The van der Waals surface area contributed by atoms with E-state index < -0.39 is 0 Å². The van der Waals surface area contributed by atoms with E-state index in [0.29, 0.717) is 24.1 Å². The molecular formula is C18H20ClN5O. The van der Waals surface area contributed by atoms with Crippen LogP contribution in [0, 0.1) is 13.8 Å². The van der Waals surface area contributed by atoms with Crippen LogP contribution < -0.4 is 10.6 Å². The Morgan fingerprint density at radius 1 is 1.16 bits per heavy atom. The van der Waals surface area contributed by atoms with E-state index in [0.717, 1.165) is 22.3 Å². The van der Waals surface area contributed by atoms with Gasteiger partial charge in [-0.05, 0) is 43.5 Å². The number of nitrogens with one attached hydrogen (secondary N) is 2. The molecule has 25 heavy (non-hydrogen) atoms. The fourth-order valence-corrected chi connectivity index (χ4v) is 2.86. The Bertz CT molecular complexity index is 885. The van der Waals surface area contributed by atoms with E-state index in [1.165, 1.54) is 0 Å². The second-order valence-corrected chi connectivity index (χ2v) is 6.33. The summed E-state index contributed by atoms with van der Waals surface area (Å²) in [5.41, 5.74) is 2.80. The Kier molecular flexibility index (Phi) is 5.19. The molecule has 0 fully saturated rings. The summed E-state index contributed by atoms with van der Waals surface area (Å²) in [6.07, 6.45) is 1.99. The summed E-state index contributed by atoms with van der Waals surface area (Å²) in [5.74, 6) is 0.371. The van der Waals surface area contributed by atoms with Crippen LogP contribution in [-0.4, -0.2) is 33.5 Å². The molecule has 0 unspecified atom stereocenters. The summed E-state index contributed by atoms with van der Waals surface area (Å²) in [6, 6.07) is 9.71. The first-order chi connectivity index (χ1) is 12.0. The van der Waals surface area contributed by atoms with E-state index in [2.05, 4.69) is 25.2 Å². The topological polar surface area (TPSA) is 71.8 Å². The quantitative estimate of drug-likeness (QED) is 0.711. The van der Waals surface area contributed by atoms with E-state index in [-0.39, 0.29) is 12.5 Å². The van der Waals surface area contributed by atoms with Crippen molar-refractivity contribution in [1.29, 1.82) is 0 Å².